The van der Waals surface area contributed by atoms with Crippen LogP contribution >= 0.6 is 11.6 Å². The molecule has 1 aromatic rings. The van der Waals surface area contributed by atoms with Crippen molar-refractivity contribution < 1.29 is 8.42 Å². The zero-order valence-corrected chi connectivity index (χ0v) is 13.8. The zero-order chi connectivity index (χ0) is 15.0. The second-order valence-corrected chi connectivity index (χ2v) is 8.18. The number of benzene rings is 1. The van der Waals surface area contributed by atoms with E-state index in [-0.39, 0.29) is 0 Å². The molecule has 0 spiro atoms. The standard InChI is InChI=1S/C15H21ClN2O2S/c1-17-13-4-5-14(17)11-18(9-8-13)21(19,20)15-6-2-12(10-16)3-7-15/h2-3,6-7,13-14H,4-5,8-11H2,1H3. The molecule has 0 radical (unpaired) electrons. The van der Waals surface area contributed by atoms with Crippen molar-refractivity contribution in [2.45, 2.75) is 42.1 Å². The summed E-state index contributed by atoms with van der Waals surface area (Å²) in [7, 11) is -1.27. The molecule has 4 nitrogen and oxygen atoms in total. The van der Waals surface area contributed by atoms with Gasteiger partial charge in [-0.2, -0.15) is 4.31 Å². The third kappa shape index (κ3) is 2.84. The second-order valence-electron chi connectivity index (χ2n) is 5.98. The summed E-state index contributed by atoms with van der Waals surface area (Å²) in [4.78, 5) is 2.73. The summed E-state index contributed by atoms with van der Waals surface area (Å²) in [5, 5.41) is 0. The van der Waals surface area contributed by atoms with Gasteiger partial charge < -0.3 is 0 Å². The van der Waals surface area contributed by atoms with Gasteiger partial charge in [-0.25, -0.2) is 8.42 Å². The number of hydrogen-bond donors (Lipinski definition) is 0. The van der Waals surface area contributed by atoms with E-state index in [0.29, 0.717) is 35.9 Å². The molecule has 0 N–H and O–H groups in total. The Hall–Kier alpha value is -0.620. The van der Waals surface area contributed by atoms with Gasteiger partial charge in [0.2, 0.25) is 10.0 Å². The fourth-order valence-corrected chi connectivity index (χ4v) is 5.07. The van der Waals surface area contributed by atoms with E-state index in [0.717, 1.165) is 18.4 Å². The fraction of sp³-hybridized carbons (Fsp3) is 0.600. The van der Waals surface area contributed by atoms with E-state index in [1.54, 1.807) is 28.6 Å². The first-order valence-corrected chi connectivity index (χ1v) is 9.37. The van der Waals surface area contributed by atoms with Gasteiger partial charge in [-0.05, 0) is 44.0 Å². The Bertz CT molecular complexity index is 603. The highest BCUT2D eigenvalue weighted by molar-refractivity contribution is 7.89. The Morgan fingerprint density at radius 1 is 1.14 bits per heavy atom. The minimum absolute atomic E-state index is 0.356. The summed E-state index contributed by atoms with van der Waals surface area (Å²) in [6.07, 6.45) is 3.21. The topological polar surface area (TPSA) is 40.6 Å². The molecule has 3 rings (SSSR count). The van der Waals surface area contributed by atoms with Crippen LogP contribution in [-0.2, 0) is 15.9 Å². The average Bonchev–Trinajstić information content (AvgIpc) is 2.71. The van der Waals surface area contributed by atoms with E-state index in [4.69, 9.17) is 11.6 Å². The molecule has 1 aromatic carbocycles. The molecule has 21 heavy (non-hydrogen) atoms. The van der Waals surface area contributed by atoms with E-state index in [9.17, 15) is 8.42 Å². The van der Waals surface area contributed by atoms with Crippen LogP contribution < -0.4 is 0 Å². The van der Waals surface area contributed by atoms with Crippen LogP contribution in [0.5, 0.6) is 0 Å². The van der Waals surface area contributed by atoms with Gasteiger partial charge in [0.05, 0.1) is 4.90 Å². The van der Waals surface area contributed by atoms with Crippen molar-refractivity contribution in [3.05, 3.63) is 29.8 Å². The molecular weight excluding hydrogens is 308 g/mol. The minimum atomic E-state index is -3.39. The third-order valence-electron chi connectivity index (χ3n) is 4.83. The number of likely N-dealkylation sites (N-methyl/N-ethyl adjacent to an activating group) is 1. The maximum absolute atomic E-state index is 12.8. The first-order chi connectivity index (χ1) is 10.0. The van der Waals surface area contributed by atoms with E-state index >= 15 is 0 Å². The maximum Gasteiger partial charge on any atom is 0.243 e. The summed E-state index contributed by atoms with van der Waals surface area (Å²) >= 11 is 5.76. The Kier molecular flexibility index (Phi) is 4.28. The van der Waals surface area contributed by atoms with Gasteiger partial charge in [-0.1, -0.05) is 12.1 Å². The van der Waals surface area contributed by atoms with Crippen LogP contribution in [0.1, 0.15) is 24.8 Å². The number of hydrogen-bond acceptors (Lipinski definition) is 3. The monoisotopic (exact) mass is 328 g/mol. The smallest absolute Gasteiger partial charge is 0.243 e. The molecule has 2 saturated heterocycles. The van der Waals surface area contributed by atoms with Gasteiger partial charge in [-0.15, -0.1) is 11.6 Å². The van der Waals surface area contributed by atoms with E-state index < -0.39 is 10.0 Å². The van der Waals surface area contributed by atoms with E-state index in [1.165, 1.54) is 6.42 Å². The van der Waals surface area contributed by atoms with Crippen LogP contribution in [-0.4, -0.2) is 49.8 Å². The van der Waals surface area contributed by atoms with Crippen molar-refractivity contribution in [1.82, 2.24) is 9.21 Å². The Morgan fingerprint density at radius 3 is 2.48 bits per heavy atom. The molecule has 2 fully saturated rings. The number of halogens is 1. The first-order valence-electron chi connectivity index (χ1n) is 7.39. The van der Waals surface area contributed by atoms with E-state index in [1.807, 2.05) is 0 Å². The van der Waals surface area contributed by atoms with Gasteiger partial charge in [-0.3, -0.25) is 4.90 Å². The highest BCUT2D eigenvalue weighted by atomic mass is 35.5. The highest BCUT2D eigenvalue weighted by Crippen LogP contribution is 2.30. The lowest BCUT2D eigenvalue weighted by molar-refractivity contribution is 0.246. The molecule has 2 aliphatic rings. The SMILES string of the molecule is CN1C2CCC1CN(S(=O)(=O)c1ccc(CCl)cc1)CC2. The van der Waals surface area contributed by atoms with Crippen molar-refractivity contribution in [2.75, 3.05) is 20.1 Å². The Morgan fingerprint density at radius 2 is 1.81 bits per heavy atom. The summed E-state index contributed by atoms with van der Waals surface area (Å²) < 4.78 is 27.2. The van der Waals surface area contributed by atoms with Gasteiger partial charge in [0, 0.05) is 31.1 Å². The molecule has 2 bridgehead atoms. The number of rotatable bonds is 3. The fourth-order valence-electron chi connectivity index (χ4n) is 3.40. The molecule has 0 saturated carbocycles. The van der Waals surface area contributed by atoms with Crippen molar-refractivity contribution in [3.63, 3.8) is 0 Å². The number of sulfonamides is 1. The summed E-state index contributed by atoms with van der Waals surface area (Å²) in [5.74, 6) is 0.401. The second kappa shape index (κ2) is 5.88. The lowest BCUT2D eigenvalue weighted by atomic mass is 10.1. The molecule has 2 aliphatic heterocycles. The van der Waals surface area contributed by atoms with Gasteiger partial charge in [0.1, 0.15) is 0 Å². The first kappa shape index (κ1) is 15.3. The lowest BCUT2D eigenvalue weighted by Crippen LogP contribution is -2.39. The summed E-state index contributed by atoms with van der Waals surface area (Å²) in [5.41, 5.74) is 0.935. The van der Waals surface area contributed by atoms with Crippen LogP contribution in [0.15, 0.2) is 29.2 Å². The molecule has 0 amide bonds. The molecule has 2 heterocycles. The largest absolute Gasteiger partial charge is 0.299 e. The molecule has 116 valence electrons. The molecular formula is C15H21ClN2O2S. The maximum atomic E-state index is 12.8. The molecule has 6 heteroatoms. The van der Waals surface area contributed by atoms with Gasteiger partial charge in [0.25, 0.3) is 0 Å². The van der Waals surface area contributed by atoms with Crippen molar-refractivity contribution in [3.8, 4) is 0 Å². The average molecular weight is 329 g/mol. The lowest BCUT2D eigenvalue weighted by Gasteiger charge is -2.25. The van der Waals surface area contributed by atoms with Crippen LogP contribution in [0.25, 0.3) is 0 Å². The third-order valence-corrected chi connectivity index (χ3v) is 7.01. The molecule has 2 unspecified atom stereocenters. The molecule has 0 aromatic heterocycles. The normalized spacial score (nSPS) is 27.7. The Balaban J connectivity index is 1.84. The summed E-state index contributed by atoms with van der Waals surface area (Å²) in [6.45, 7) is 1.22. The quantitative estimate of drug-likeness (QED) is 0.799. The van der Waals surface area contributed by atoms with E-state index in [2.05, 4.69) is 11.9 Å². The predicted molar refractivity (Wildman–Crippen MR) is 83.9 cm³/mol. The Labute approximate surface area is 131 Å². The van der Waals surface area contributed by atoms with Crippen molar-refractivity contribution >= 4 is 21.6 Å². The minimum Gasteiger partial charge on any atom is -0.299 e. The van der Waals surface area contributed by atoms with Gasteiger partial charge in [0.15, 0.2) is 0 Å². The van der Waals surface area contributed by atoms with Crippen LogP contribution in [0.4, 0.5) is 0 Å². The molecule has 0 aliphatic carbocycles. The highest BCUT2D eigenvalue weighted by Gasteiger charge is 2.38. The van der Waals surface area contributed by atoms with Crippen LogP contribution in [0.2, 0.25) is 0 Å². The van der Waals surface area contributed by atoms with Crippen LogP contribution in [0.3, 0.4) is 0 Å². The molecule has 2 atom stereocenters. The number of fused-ring (bicyclic) bond motifs is 2. The summed E-state index contributed by atoms with van der Waals surface area (Å²) in [6, 6.07) is 7.80. The number of alkyl halides is 1. The van der Waals surface area contributed by atoms with Crippen molar-refractivity contribution in [1.29, 1.82) is 0 Å². The van der Waals surface area contributed by atoms with Crippen molar-refractivity contribution in [2.24, 2.45) is 0 Å². The van der Waals surface area contributed by atoms with Crippen LogP contribution in [0, 0.1) is 0 Å². The predicted octanol–water partition coefficient (Wildman–Crippen LogP) is 2.28. The zero-order valence-electron chi connectivity index (χ0n) is 12.2. The van der Waals surface area contributed by atoms with Gasteiger partial charge >= 0.3 is 0 Å². The number of nitrogens with zero attached hydrogens (tertiary/aromatic N) is 2.